The van der Waals surface area contributed by atoms with Crippen LogP contribution in [0.5, 0.6) is 0 Å². The van der Waals surface area contributed by atoms with Crippen molar-refractivity contribution in [3.8, 4) is 0 Å². The molecule has 0 saturated heterocycles. The first-order chi connectivity index (χ1) is 8.88. The lowest BCUT2D eigenvalue weighted by Crippen LogP contribution is -2.10. The number of nitrogen functional groups attached to an aromatic ring is 1. The highest BCUT2D eigenvalue weighted by Gasteiger charge is 2.31. The highest BCUT2D eigenvalue weighted by atomic mass is 19.4. The second-order valence-corrected chi connectivity index (χ2v) is 3.89. The predicted octanol–water partition coefficient (Wildman–Crippen LogP) is 2.91. The Bertz CT molecular complexity index is 609. The van der Waals surface area contributed by atoms with Crippen molar-refractivity contribution in [2.24, 2.45) is 0 Å². The van der Waals surface area contributed by atoms with E-state index in [0.29, 0.717) is 0 Å². The number of anilines is 1. The van der Waals surface area contributed by atoms with Crippen LogP contribution >= 0.6 is 0 Å². The van der Waals surface area contributed by atoms with Gasteiger partial charge in [-0.05, 0) is 30.3 Å². The highest BCUT2D eigenvalue weighted by Crippen LogP contribution is 2.31. The monoisotopic (exact) mass is 266 g/mol. The summed E-state index contributed by atoms with van der Waals surface area (Å²) in [5.74, 6) is -0.599. The normalized spacial score (nSPS) is 11.3. The maximum absolute atomic E-state index is 12.6. The summed E-state index contributed by atoms with van der Waals surface area (Å²) in [6.45, 7) is 0. The van der Waals surface area contributed by atoms with Gasteiger partial charge in [0.05, 0.1) is 5.56 Å². The molecule has 1 aromatic carbocycles. The van der Waals surface area contributed by atoms with Gasteiger partial charge in [0.1, 0.15) is 5.69 Å². The van der Waals surface area contributed by atoms with Crippen LogP contribution < -0.4 is 5.73 Å². The van der Waals surface area contributed by atoms with Crippen LogP contribution in [-0.2, 0) is 6.18 Å². The summed E-state index contributed by atoms with van der Waals surface area (Å²) in [7, 11) is 0. The molecule has 0 aliphatic carbocycles. The fourth-order valence-corrected chi connectivity index (χ4v) is 1.59. The van der Waals surface area contributed by atoms with Gasteiger partial charge in [-0.3, -0.25) is 9.78 Å². The molecule has 19 heavy (non-hydrogen) atoms. The van der Waals surface area contributed by atoms with E-state index in [1.165, 1.54) is 18.3 Å². The van der Waals surface area contributed by atoms with Crippen LogP contribution in [0.1, 0.15) is 21.6 Å². The molecule has 0 atom stereocenters. The topological polar surface area (TPSA) is 56.0 Å². The van der Waals surface area contributed by atoms with Crippen molar-refractivity contribution >= 4 is 11.5 Å². The predicted molar refractivity (Wildman–Crippen MR) is 63.5 cm³/mol. The van der Waals surface area contributed by atoms with Crippen LogP contribution in [0, 0.1) is 0 Å². The lowest BCUT2D eigenvalue weighted by atomic mass is 10.0. The lowest BCUT2D eigenvalue weighted by Gasteiger charge is -2.09. The summed E-state index contributed by atoms with van der Waals surface area (Å²) >= 11 is 0. The Kier molecular flexibility index (Phi) is 3.25. The molecule has 98 valence electrons. The summed E-state index contributed by atoms with van der Waals surface area (Å²) in [6.07, 6.45) is -3.15. The third kappa shape index (κ3) is 2.90. The maximum Gasteiger partial charge on any atom is 0.416 e. The standard InChI is InChI=1S/C13H9F3N2O/c14-13(15,16)9-5-8(6-10(17)7-9)12(19)11-3-1-2-4-18-11/h1-7H,17H2. The molecule has 1 aromatic heterocycles. The smallest absolute Gasteiger partial charge is 0.399 e. The zero-order chi connectivity index (χ0) is 14.0. The average molecular weight is 266 g/mol. The van der Waals surface area contributed by atoms with Gasteiger partial charge in [0.2, 0.25) is 5.78 Å². The van der Waals surface area contributed by atoms with Gasteiger partial charge in [-0.1, -0.05) is 6.07 Å². The molecule has 0 amide bonds. The van der Waals surface area contributed by atoms with Crippen LogP contribution in [0.3, 0.4) is 0 Å². The number of hydrogen-bond donors (Lipinski definition) is 1. The molecular formula is C13H9F3N2O. The minimum atomic E-state index is -4.55. The van der Waals surface area contributed by atoms with Crippen molar-refractivity contribution < 1.29 is 18.0 Å². The average Bonchev–Trinajstić information content (AvgIpc) is 2.37. The van der Waals surface area contributed by atoms with Gasteiger partial charge in [0.25, 0.3) is 0 Å². The van der Waals surface area contributed by atoms with Crippen LogP contribution in [0.25, 0.3) is 0 Å². The molecule has 2 N–H and O–H groups in total. The maximum atomic E-state index is 12.6. The molecule has 0 bridgehead atoms. The summed E-state index contributed by atoms with van der Waals surface area (Å²) in [5.41, 5.74) is 4.27. The Morgan fingerprint density at radius 1 is 1.16 bits per heavy atom. The number of halogens is 3. The first-order valence-corrected chi connectivity index (χ1v) is 5.31. The number of carbonyl (C=O) groups is 1. The van der Waals surface area contributed by atoms with E-state index >= 15 is 0 Å². The van der Waals surface area contributed by atoms with Gasteiger partial charge in [-0.25, -0.2) is 0 Å². The van der Waals surface area contributed by atoms with E-state index in [1.807, 2.05) is 0 Å². The first kappa shape index (κ1) is 13.1. The van der Waals surface area contributed by atoms with Gasteiger partial charge in [-0.15, -0.1) is 0 Å². The number of aromatic nitrogens is 1. The summed E-state index contributed by atoms with van der Waals surface area (Å²) < 4.78 is 37.9. The molecule has 6 heteroatoms. The lowest BCUT2D eigenvalue weighted by molar-refractivity contribution is -0.137. The Hall–Kier alpha value is -2.37. The van der Waals surface area contributed by atoms with Crippen molar-refractivity contribution in [2.45, 2.75) is 6.18 Å². The van der Waals surface area contributed by atoms with E-state index in [9.17, 15) is 18.0 Å². The van der Waals surface area contributed by atoms with Gasteiger partial charge < -0.3 is 5.73 Å². The fourth-order valence-electron chi connectivity index (χ4n) is 1.59. The van der Waals surface area contributed by atoms with Gasteiger partial charge in [0, 0.05) is 17.4 Å². The molecule has 0 saturated carbocycles. The zero-order valence-corrected chi connectivity index (χ0v) is 9.61. The minimum absolute atomic E-state index is 0.0706. The molecule has 0 radical (unpaired) electrons. The molecule has 2 aromatic rings. The molecule has 0 aliphatic heterocycles. The van der Waals surface area contributed by atoms with Crippen LogP contribution in [-0.4, -0.2) is 10.8 Å². The Morgan fingerprint density at radius 2 is 1.89 bits per heavy atom. The van der Waals surface area contributed by atoms with E-state index in [-0.39, 0.29) is 16.9 Å². The summed E-state index contributed by atoms with van der Waals surface area (Å²) in [6, 6.07) is 7.38. The largest absolute Gasteiger partial charge is 0.416 e. The van der Waals surface area contributed by atoms with Crippen molar-refractivity contribution in [2.75, 3.05) is 5.73 Å². The number of nitrogens with zero attached hydrogens (tertiary/aromatic N) is 1. The molecule has 0 aliphatic rings. The molecule has 2 rings (SSSR count). The summed E-state index contributed by atoms with van der Waals surface area (Å²) in [4.78, 5) is 15.8. The molecule has 0 unspecified atom stereocenters. The van der Waals surface area contributed by atoms with Crippen molar-refractivity contribution in [1.29, 1.82) is 0 Å². The number of ketones is 1. The van der Waals surface area contributed by atoms with Crippen molar-refractivity contribution in [3.05, 3.63) is 59.4 Å². The van der Waals surface area contributed by atoms with Crippen molar-refractivity contribution in [1.82, 2.24) is 4.98 Å². The van der Waals surface area contributed by atoms with Gasteiger partial charge in [-0.2, -0.15) is 13.2 Å². The Morgan fingerprint density at radius 3 is 2.47 bits per heavy atom. The van der Waals surface area contributed by atoms with E-state index < -0.39 is 17.5 Å². The van der Waals surface area contributed by atoms with E-state index in [4.69, 9.17) is 5.73 Å². The zero-order valence-electron chi connectivity index (χ0n) is 9.61. The van der Waals surface area contributed by atoms with E-state index in [0.717, 1.165) is 12.1 Å². The SMILES string of the molecule is Nc1cc(C(=O)c2ccccn2)cc(C(F)(F)F)c1. The number of hydrogen-bond acceptors (Lipinski definition) is 3. The first-order valence-electron chi connectivity index (χ1n) is 5.31. The second-order valence-electron chi connectivity index (χ2n) is 3.89. The molecule has 3 nitrogen and oxygen atoms in total. The molecular weight excluding hydrogens is 257 g/mol. The van der Waals surface area contributed by atoms with E-state index in [2.05, 4.69) is 4.98 Å². The van der Waals surface area contributed by atoms with Crippen LogP contribution in [0.15, 0.2) is 42.6 Å². The third-order valence-corrected chi connectivity index (χ3v) is 2.44. The number of carbonyl (C=O) groups excluding carboxylic acids is 1. The number of benzene rings is 1. The quantitative estimate of drug-likeness (QED) is 0.671. The van der Waals surface area contributed by atoms with Crippen molar-refractivity contribution in [3.63, 3.8) is 0 Å². The van der Waals surface area contributed by atoms with Gasteiger partial charge >= 0.3 is 6.18 Å². The van der Waals surface area contributed by atoms with Crippen LogP contribution in [0.4, 0.5) is 18.9 Å². The Labute approximate surface area is 106 Å². The minimum Gasteiger partial charge on any atom is -0.399 e. The number of alkyl halides is 3. The number of rotatable bonds is 2. The van der Waals surface area contributed by atoms with Gasteiger partial charge in [0.15, 0.2) is 0 Å². The number of nitrogens with two attached hydrogens (primary N) is 1. The molecule has 0 fully saturated rings. The fraction of sp³-hybridized carbons (Fsp3) is 0.0769. The Balaban J connectivity index is 2.46. The van der Waals surface area contributed by atoms with Crippen LogP contribution in [0.2, 0.25) is 0 Å². The second kappa shape index (κ2) is 4.72. The highest BCUT2D eigenvalue weighted by molar-refractivity contribution is 6.08. The third-order valence-electron chi connectivity index (χ3n) is 2.44. The van der Waals surface area contributed by atoms with E-state index in [1.54, 1.807) is 12.1 Å². The number of pyridine rings is 1. The summed E-state index contributed by atoms with van der Waals surface area (Å²) in [5, 5.41) is 0. The molecule has 1 heterocycles. The molecule has 0 spiro atoms.